The lowest BCUT2D eigenvalue weighted by molar-refractivity contribution is 0.0502. The van der Waals surface area contributed by atoms with Crippen LogP contribution in [0.5, 0.6) is 11.5 Å². The molecule has 4 atom stereocenters. The number of fused-ring (bicyclic) bond motifs is 2. The third-order valence-corrected chi connectivity index (χ3v) is 17.1. The Labute approximate surface area is 505 Å². The van der Waals surface area contributed by atoms with Crippen molar-refractivity contribution in [3.05, 3.63) is 121 Å². The van der Waals surface area contributed by atoms with Crippen molar-refractivity contribution in [3.8, 4) is 17.6 Å². The van der Waals surface area contributed by atoms with Gasteiger partial charge in [0.1, 0.15) is 23.7 Å². The van der Waals surface area contributed by atoms with Gasteiger partial charge in [-0.05, 0) is 168 Å². The number of likely N-dealkylation sites (N-methyl/N-ethyl adjacent to an activating group) is 2. The average Bonchev–Trinajstić information content (AvgIpc) is 1.94. The van der Waals surface area contributed by atoms with Crippen molar-refractivity contribution in [1.29, 1.82) is 5.26 Å². The molecule has 0 radical (unpaired) electrons. The number of ether oxygens (including phenoxy) is 6. The number of sulfonamides is 2. The van der Waals surface area contributed by atoms with E-state index in [0.717, 1.165) is 41.5 Å². The quantitative estimate of drug-likeness (QED) is 0.0213. The Morgan fingerprint density at radius 1 is 0.631 bits per heavy atom. The highest BCUT2D eigenvalue weighted by atomic mass is 35.5. The first-order valence-corrected chi connectivity index (χ1v) is 31.4. The van der Waals surface area contributed by atoms with Crippen LogP contribution in [0, 0.1) is 31.8 Å². The lowest BCUT2D eigenvalue weighted by Crippen LogP contribution is -2.38. The SMILES string of the molecule is CCCOCCOCCNS(=O)(=O)c1ccc(O[C@H]2c3cc(Cl)cc(C#N)c3C[C@@H]2N(C)C)c(C)c1.[C-]#[N+]c1cc(Cl)cc2c1C[C@H](N(C)C)[C@H]2Oc1ccc(S(=O)(=O)NCCOCCOCCNC(=O)NCCCCNC(=O)NC)cc1C. The highest BCUT2D eigenvalue weighted by Crippen LogP contribution is 2.44. The minimum absolute atomic E-state index is 0.00224. The van der Waals surface area contributed by atoms with E-state index in [0.29, 0.717) is 109 Å². The van der Waals surface area contributed by atoms with Crippen molar-refractivity contribution >= 4 is 61.0 Å². The van der Waals surface area contributed by atoms with E-state index in [4.69, 9.17) is 58.2 Å². The van der Waals surface area contributed by atoms with Crippen LogP contribution in [0.4, 0.5) is 15.3 Å². The van der Waals surface area contributed by atoms with Gasteiger partial charge in [0, 0.05) is 56.4 Å². The molecule has 4 amide bonds. The molecule has 2 aliphatic rings. The van der Waals surface area contributed by atoms with Gasteiger partial charge in [0.15, 0.2) is 5.69 Å². The molecule has 0 aliphatic heterocycles. The minimum atomic E-state index is -3.78. The summed E-state index contributed by atoms with van der Waals surface area (Å²) in [6, 6.07) is 18.2. The van der Waals surface area contributed by atoms with Crippen LogP contribution in [0.2, 0.25) is 10.0 Å². The van der Waals surface area contributed by atoms with Crippen LogP contribution in [0.1, 0.15) is 77.3 Å². The lowest BCUT2D eigenvalue weighted by Gasteiger charge is -2.28. The number of nitrogens with zero attached hydrogens (tertiary/aromatic N) is 4. The van der Waals surface area contributed by atoms with Gasteiger partial charge >= 0.3 is 12.1 Å². The summed E-state index contributed by atoms with van der Waals surface area (Å²) in [6.07, 6.45) is 3.01. The van der Waals surface area contributed by atoms with E-state index in [2.05, 4.69) is 51.4 Å². The zero-order valence-corrected chi connectivity index (χ0v) is 52.2. The number of nitriles is 1. The van der Waals surface area contributed by atoms with E-state index in [1.54, 1.807) is 50.4 Å². The van der Waals surface area contributed by atoms with Crippen molar-refractivity contribution in [1.82, 2.24) is 40.5 Å². The third-order valence-electron chi connectivity index (χ3n) is 13.7. The number of unbranched alkanes of at least 4 members (excludes halogenated alkanes) is 1. The predicted molar refractivity (Wildman–Crippen MR) is 322 cm³/mol. The first-order valence-electron chi connectivity index (χ1n) is 27.7. The molecule has 4 aromatic carbocycles. The van der Waals surface area contributed by atoms with Crippen LogP contribution in [0.15, 0.2) is 70.5 Å². The van der Waals surface area contributed by atoms with E-state index in [1.165, 1.54) is 12.1 Å². The Balaban J connectivity index is 0.000000320. The van der Waals surface area contributed by atoms with Gasteiger partial charge in [0.05, 0.1) is 86.3 Å². The van der Waals surface area contributed by atoms with E-state index in [1.807, 2.05) is 54.2 Å². The summed E-state index contributed by atoms with van der Waals surface area (Å²) in [5, 5.41) is 21.1. The van der Waals surface area contributed by atoms with Crippen molar-refractivity contribution in [3.63, 3.8) is 0 Å². The minimum Gasteiger partial charge on any atom is -0.484 e. The topological polar surface area (TPSA) is 265 Å². The summed E-state index contributed by atoms with van der Waals surface area (Å²) < 4.78 is 91.0. The number of carbonyl (C=O) groups excluding carboxylic acids is 2. The summed E-state index contributed by atoms with van der Waals surface area (Å²) in [7, 11) is 1.93. The standard InChI is InChI=1S/C32H46ClN7O7S.C26H34ClN3O5S/c1-22-18-24(8-9-29(22)47-30-26-19-23(33)20-27(34-2)25(26)21-28(30)40(4)5)48(43,44)39-13-15-46-17-16-45-14-12-38-32(42)37-11-7-6-10-36-31(41)35-3;1-5-9-33-11-12-34-10-8-29-36(31,32)21-6-7-25(18(2)13-21)35-26-23-15-20(27)14-19(17-28)22(23)16-24(26)30(3)4/h8-9,18-20,28,30,39H,6-7,10-17,21H2,1,3-5H3,(H2,35,36,41)(H2,37,38,42);6-7,13-15,24,26,29H,5,8-12,16H2,1-4H3/t28-,30-;24-,26-/m00/s1. The van der Waals surface area contributed by atoms with E-state index in [-0.39, 0.29) is 79.1 Å². The molecule has 4 aromatic rings. The number of urea groups is 2. The largest absolute Gasteiger partial charge is 0.484 e. The highest BCUT2D eigenvalue weighted by Gasteiger charge is 2.39. The number of nitrogens with one attached hydrogen (secondary N) is 6. The lowest BCUT2D eigenvalue weighted by atomic mass is 10.0. The molecule has 2 aliphatic carbocycles. The van der Waals surface area contributed by atoms with Crippen LogP contribution in [-0.2, 0) is 51.8 Å². The molecule has 0 bridgehead atoms. The van der Waals surface area contributed by atoms with Crippen molar-refractivity contribution < 1.29 is 54.8 Å². The normalized spacial score (nSPS) is 16.2. The van der Waals surface area contributed by atoms with Gasteiger partial charge in [-0.3, -0.25) is 0 Å². The molecule has 26 heteroatoms. The van der Waals surface area contributed by atoms with E-state index >= 15 is 0 Å². The predicted octanol–water partition coefficient (Wildman–Crippen LogP) is 6.97. The molecule has 0 saturated carbocycles. The highest BCUT2D eigenvalue weighted by molar-refractivity contribution is 7.89. The number of rotatable bonds is 32. The molecular formula is C58H80Cl2N10O12S2. The Morgan fingerprint density at radius 3 is 1.52 bits per heavy atom. The zero-order valence-electron chi connectivity index (χ0n) is 49.1. The molecule has 460 valence electrons. The Bertz CT molecular complexity index is 3140. The second-order valence-electron chi connectivity index (χ2n) is 20.3. The molecule has 0 spiro atoms. The molecule has 0 aromatic heterocycles. The van der Waals surface area contributed by atoms with Gasteiger partial charge < -0.3 is 59.5 Å². The maximum Gasteiger partial charge on any atom is 0.314 e. The third kappa shape index (κ3) is 20.7. The Kier molecular flexibility index (Phi) is 28.2. The monoisotopic (exact) mass is 1240 g/mol. The molecule has 6 rings (SSSR count). The van der Waals surface area contributed by atoms with Crippen LogP contribution >= 0.6 is 23.2 Å². The van der Waals surface area contributed by atoms with Gasteiger partial charge in [-0.25, -0.2) is 40.7 Å². The molecule has 0 heterocycles. The van der Waals surface area contributed by atoms with Gasteiger partial charge in [-0.15, -0.1) is 0 Å². The van der Waals surface area contributed by atoms with Gasteiger partial charge in [0.2, 0.25) is 20.0 Å². The maximum atomic E-state index is 12.9. The smallest absolute Gasteiger partial charge is 0.314 e. The van der Waals surface area contributed by atoms with Gasteiger partial charge in [-0.2, -0.15) is 5.26 Å². The number of carbonyl (C=O) groups is 2. The number of amides is 4. The first-order chi connectivity index (χ1) is 40.1. The molecule has 0 saturated heterocycles. The van der Waals surface area contributed by atoms with E-state index in [9.17, 15) is 31.7 Å². The first kappa shape index (κ1) is 68.9. The summed E-state index contributed by atoms with van der Waals surface area (Å²) in [5.74, 6) is 1.12. The van der Waals surface area contributed by atoms with Crippen LogP contribution in [-0.4, -0.2) is 172 Å². The number of hydrogen-bond donors (Lipinski definition) is 6. The van der Waals surface area contributed by atoms with Crippen molar-refractivity contribution in [2.24, 2.45) is 0 Å². The number of aryl methyl sites for hydroxylation is 2. The van der Waals surface area contributed by atoms with Crippen molar-refractivity contribution in [2.75, 3.05) is 121 Å². The summed E-state index contributed by atoms with van der Waals surface area (Å²) >= 11 is 12.6. The van der Waals surface area contributed by atoms with Gasteiger partial charge in [0.25, 0.3) is 0 Å². The fourth-order valence-electron chi connectivity index (χ4n) is 9.30. The fourth-order valence-corrected chi connectivity index (χ4v) is 11.9. The molecule has 22 nitrogen and oxygen atoms in total. The van der Waals surface area contributed by atoms with Gasteiger partial charge in [-0.1, -0.05) is 30.1 Å². The second kappa shape index (κ2) is 34.3. The summed E-state index contributed by atoms with van der Waals surface area (Å²) in [4.78, 5) is 30.9. The molecule has 0 unspecified atom stereocenters. The van der Waals surface area contributed by atoms with Crippen molar-refractivity contribution in [2.45, 2.75) is 87.0 Å². The number of hydrogen-bond acceptors (Lipinski definition) is 15. The fraction of sp³-hybridized carbons (Fsp3) is 0.517. The van der Waals surface area contributed by atoms with E-state index < -0.39 is 20.0 Å². The molecule has 6 N–H and O–H groups in total. The molecule has 0 fully saturated rings. The Morgan fingerprint density at radius 2 is 1.07 bits per heavy atom. The van der Waals surface area contributed by atoms with Crippen LogP contribution in [0.3, 0.4) is 0 Å². The van der Waals surface area contributed by atoms with Crippen LogP contribution in [0.25, 0.3) is 4.85 Å². The summed E-state index contributed by atoms with van der Waals surface area (Å²) in [5.41, 5.74) is 6.02. The zero-order chi connectivity index (χ0) is 61.4. The number of benzene rings is 4. The average molecular weight is 1240 g/mol. The molecular weight excluding hydrogens is 1160 g/mol. The second-order valence-corrected chi connectivity index (χ2v) is 24.7. The van der Waals surface area contributed by atoms with Crippen LogP contribution < -0.4 is 40.2 Å². The molecule has 84 heavy (non-hydrogen) atoms. The Hall–Kier alpha value is -5.84. The summed E-state index contributed by atoms with van der Waals surface area (Å²) in [6.45, 7) is 17.7. The number of halogens is 2. The maximum absolute atomic E-state index is 12.9.